The number of fused-ring (bicyclic) bond motifs is 2. The summed E-state index contributed by atoms with van der Waals surface area (Å²) < 4.78 is 7.26. The van der Waals surface area contributed by atoms with Crippen LogP contribution in [0.25, 0.3) is 10.1 Å². The molecule has 0 saturated heterocycles. The highest BCUT2D eigenvalue weighted by Crippen LogP contribution is 2.32. The number of ketones is 1. The van der Waals surface area contributed by atoms with Crippen molar-refractivity contribution in [2.24, 2.45) is 5.73 Å². The van der Waals surface area contributed by atoms with Crippen LogP contribution in [-0.2, 0) is 33.6 Å². The first kappa shape index (κ1) is 46.0. The van der Waals surface area contributed by atoms with Crippen LogP contribution < -0.4 is 15.8 Å². The van der Waals surface area contributed by atoms with Gasteiger partial charge in [-0.2, -0.15) is 0 Å². The molecule has 5 rings (SSSR count). The zero-order chi connectivity index (χ0) is 39.0. The van der Waals surface area contributed by atoms with Crippen LogP contribution in [-0.4, -0.2) is 37.1 Å². The van der Waals surface area contributed by atoms with E-state index in [0.717, 1.165) is 20.5 Å². The lowest BCUT2D eigenvalue weighted by Gasteiger charge is -2.15. The van der Waals surface area contributed by atoms with Gasteiger partial charge in [-0.05, 0) is 114 Å². The fraction of sp³-hybridized carbons (Fsp3) is 0.500. The van der Waals surface area contributed by atoms with Crippen LogP contribution >= 0.6 is 33.9 Å². The molecule has 4 aromatic rings. The number of ether oxygens (including phenoxy) is 1. The third kappa shape index (κ3) is 17.2. The fourth-order valence-electron chi connectivity index (χ4n) is 6.01. The number of aromatic nitrogens is 1. The minimum atomic E-state index is -0.360. The zero-order valence-electron chi connectivity index (χ0n) is 32.8. The molecule has 0 saturated carbocycles. The number of methoxy groups -OCH3 is 1. The standard InChI is InChI=1S/C12H9IO2S.C12H16.C10H15N3O2.C10H22/c1-7(10(15)6-14)12-5-8-4-9(13)2-3-11(8)16-12;1-2-10-7-8-11-5-3-4-6-12(11)9-10;1-12-8(5-9(11)14)7-3-4-10(15-2)13-6-7;1-3-5-7-9-10-8-6-4-2/h2-7H,1H3;7-9H,2-6H2,1H3;3-4,6,8,12H,5H2,1-2H3,(H2,11,14);3-10H2,1-2H3/t;;8-;/m..1./s1. The molecule has 0 bridgehead atoms. The second-order valence-corrected chi connectivity index (χ2v) is 15.9. The van der Waals surface area contributed by atoms with Crippen molar-refractivity contribution in [2.75, 3.05) is 14.2 Å². The maximum Gasteiger partial charge on any atom is 0.219 e. The Balaban J connectivity index is 0.000000249. The molecular weight excluding hydrogens is 793 g/mol. The largest absolute Gasteiger partial charge is 0.481 e. The Morgan fingerprint density at radius 1 is 0.925 bits per heavy atom. The molecule has 290 valence electrons. The predicted octanol–water partition coefficient (Wildman–Crippen LogP) is 10.9. The van der Waals surface area contributed by atoms with E-state index in [1.54, 1.807) is 55.8 Å². The number of amides is 1. The lowest BCUT2D eigenvalue weighted by molar-refractivity contribution is -0.130. The topological polar surface area (TPSA) is 111 Å². The van der Waals surface area contributed by atoms with Gasteiger partial charge in [0.15, 0.2) is 6.29 Å². The molecule has 2 aromatic heterocycles. The van der Waals surface area contributed by atoms with Gasteiger partial charge in [0.05, 0.1) is 13.0 Å². The van der Waals surface area contributed by atoms with E-state index in [4.69, 9.17) is 10.5 Å². The Labute approximate surface area is 336 Å². The molecular formula is C44H62IN3O4S. The molecule has 3 N–H and O–H groups in total. The van der Waals surface area contributed by atoms with Gasteiger partial charge >= 0.3 is 0 Å². The van der Waals surface area contributed by atoms with Crippen LogP contribution in [0.1, 0.15) is 137 Å². The van der Waals surface area contributed by atoms with Gasteiger partial charge in [0.25, 0.3) is 0 Å². The second-order valence-electron chi connectivity index (χ2n) is 13.5. The molecule has 0 aliphatic heterocycles. The number of benzene rings is 2. The van der Waals surface area contributed by atoms with Crippen molar-refractivity contribution < 1.29 is 19.1 Å². The number of hydrogen-bond acceptors (Lipinski definition) is 7. The number of hydrogen-bond donors (Lipinski definition) is 2. The van der Waals surface area contributed by atoms with Gasteiger partial charge in [0, 0.05) is 37.9 Å². The molecule has 1 aliphatic carbocycles. The summed E-state index contributed by atoms with van der Waals surface area (Å²) in [6.07, 6.45) is 20.3. The summed E-state index contributed by atoms with van der Waals surface area (Å²) in [6.45, 7) is 8.54. The van der Waals surface area contributed by atoms with Crippen molar-refractivity contribution in [1.29, 1.82) is 0 Å². The minimum absolute atomic E-state index is 0.0964. The number of nitrogens with zero attached hydrogens (tertiary/aromatic N) is 1. The normalized spacial score (nSPS) is 12.7. The SMILES string of the molecule is CC(C(=O)C=O)c1cc2cc(I)ccc2s1.CCCCCCCCCC.CCc1ccc2c(c1)CCCC2.CN[C@H](CC(N)=O)c1ccc(OC)nc1. The van der Waals surface area contributed by atoms with E-state index in [9.17, 15) is 14.4 Å². The molecule has 2 atom stereocenters. The van der Waals surface area contributed by atoms with Gasteiger partial charge in [-0.3, -0.25) is 14.4 Å². The van der Waals surface area contributed by atoms with Gasteiger partial charge in [-0.1, -0.05) is 103 Å². The number of carbonyl (C=O) groups is 3. The molecule has 0 fully saturated rings. The highest BCUT2D eigenvalue weighted by atomic mass is 127. The van der Waals surface area contributed by atoms with E-state index in [-0.39, 0.29) is 30.1 Å². The summed E-state index contributed by atoms with van der Waals surface area (Å²) in [4.78, 5) is 37.5. The Morgan fingerprint density at radius 2 is 1.58 bits per heavy atom. The summed E-state index contributed by atoms with van der Waals surface area (Å²) in [5, 5.41) is 4.14. The molecule has 7 nitrogen and oxygen atoms in total. The number of Topliss-reactive ketones (excluding diaryl/α,β-unsaturated/α-hetero) is 1. The van der Waals surface area contributed by atoms with Crippen LogP contribution in [0.5, 0.6) is 5.88 Å². The number of unbranched alkanes of at least 4 members (excludes halogenated alkanes) is 7. The van der Waals surface area contributed by atoms with Crippen LogP contribution in [0, 0.1) is 3.57 Å². The van der Waals surface area contributed by atoms with Gasteiger partial charge in [-0.15, -0.1) is 11.3 Å². The van der Waals surface area contributed by atoms with Crippen LogP contribution in [0.2, 0.25) is 0 Å². The first-order valence-corrected chi connectivity index (χ1v) is 21.2. The smallest absolute Gasteiger partial charge is 0.219 e. The Kier molecular flexibility index (Phi) is 23.1. The third-order valence-corrected chi connectivity index (χ3v) is 11.3. The number of pyridine rings is 1. The third-order valence-electron chi connectivity index (χ3n) is 9.37. The number of nitrogens with two attached hydrogens (primary N) is 1. The van der Waals surface area contributed by atoms with Crippen LogP contribution in [0.4, 0.5) is 0 Å². The average Bonchev–Trinajstić information content (AvgIpc) is 3.61. The van der Waals surface area contributed by atoms with E-state index in [1.165, 1.54) is 92.6 Å². The number of carbonyl (C=O) groups excluding carboxylic acids is 3. The van der Waals surface area contributed by atoms with Gasteiger partial charge in [0.2, 0.25) is 17.6 Å². The van der Waals surface area contributed by atoms with E-state index in [2.05, 4.69) is 77.9 Å². The molecule has 53 heavy (non-hydrogen) atoms. The molecule has 1 unspecified atom stereocenters. The molecule has 2 aromatic carbocycles. The molecule has 2 heterocycles. The molecule has 9 heteroatoms. The zero-order valence-corrected chi connectivity index (χ0v) is 35.8. The number of rotatable bonds is 16. The number of thiophene rings is 1. The van der Waals surface area contributed by atoms with E-state index < -0.39 is 0 Å². The Bertz CT molecular complexity index is 1650. The number of nitrogens with one attached hydrogen (secondary N) is 1. The summed E-state index contributed by atoms with van der Waals surface area (Å²) >= 11 is 3.83. The summed E-state index contributed by atoms with van der Waals surface area (Å²) in [5.74, 6) is -0.480. The number of halogens is 1. The van der Waals surface area contributed by atoms with Crippen LogP contribution in [0.15, 0.2) is 60.8 Å². The highest BCUT2D eigenvalue weighted by molar-refractivity contribution is 14.1. The fourth-order valence-corrected chi connectivity index (χ4v) is 7.63. The maximum atomic E-state index is 11.3. The van der Waals surface area contributed by atoms with Crippen molar-refractivity contribution in [3.05, 3.63) is 91.5 Å². The van der Waals surface area contributed by atoms with E-state index >= 15 is 0 Å². The summed E-state index contributed by atoms with van der Waals surface area (Å²) in [5.41, 5.74) is 10.8. The predicted molar refractivity (Wildman–Crippen MR) is 231 cm³/mol. The molecule has 1 aliphatic rings. The first-order chi connectivity index (χ1) is 25.6. The number of aryl methyl sites for hydroxylation is 3. The van der Waals surface area contributed by atoms with Crippen molar-refractivity contribution in [1.82, 2.24) is 10.3 Å². The van der Waals surface area contributed by atoms with Crippen LogP contribution in [0.3, 0.4) is 0 Å². The monoisotopic (exact) mass is 855 g/mol. The summed E-state index contributed by atoms with van der Waals surface area (Å²) in [7, 11) is 3.33. The lowest BCUT2D eigenvalue weighted by Crippen LogP contribution is -2.23. The summed E-state index contributed by atoms with van der Waals surface area (Å²) in [6, 6.07) is 18.7. The second kappa shape index (κ2) is 26.6. The van der Waals surface area contributed by atoms with Gasteiger partial charge in [-0.25, -0.2) is 4.98 Å². The number of aldehydes is 1. The molecule has 0 radical (unpaired) electrons. The highest BCUT2D eigenvalue weighted by Gasteiger charge is 2.17. The van der Waals surface area contributed by atoms with Gasteiger partial charge < -0.3 is 15.8 Å². The lowest BCUT2D eigenvalue weighted by atomic mass is 9.90. The molecule has 1 amide bonds. The number of primary amides is 1. The van der Waals surface area contributed by atoms with Crippen molar-refractivity contribution in [3.8, 4) is 5.88 Å². The van der Waals surface area contributed by atoms with E-state index in [1.807, 2.05) is 24.3 Å². The van der Waals surface area contributed by atoms with Crippen molar-refractivity contribution in [2.45, 2.75) is 130 Å². The van der Waals surface area contributed by atoms with Crippen molar-refractivity contribution in [3.63, 3.8) is 0 Å². The quantitative estimate of drug-likeness (QED) is 0.0502. The first-order valence-electron chi connectivity index (χ1n) is 19.3. The Hall–Kier alpha value is -3.15. The Morgan fingerprint density at radius 3 is 2.13 bits per heavy atom. The minimum Gasteiger partial charge on any atom is -0.481 e. The van der Waals surface area contributed by atoms with E-state index in [0.29, 0.717) is 12.2 Å². The molecule has 0 spiro atoms. The van der Waals surface area contributed by atoms with Crippen molar-refractivity contribution >= 4 is 62.0 Å². The maximum absolute atomic E-state index is 11.3. The van der Waals surface area contributed by atoms with Gasteiger partial charge in [0.1, 0.15) is 0 Å². The average molecular weight is 856 g/mol.